The third-order valence-corrected chi connectivity index (χ3v) is 3.45. The highest BCUT2D eigenvalue weighted by molar-refractivity contribution is 5.97. The Bertz CT molecular complexity index is 505. The molecule has 1 fully saturated rings. The van der Waals surface area contributed by atoms with Crippen molar-refractivity contribution in [2.45, 2.75) is 45.6 Å². The van der Waals surface area contributed by atoms with Crippen LogP contribution < -0.4 is 4.90 Å². The molecule has 1 aromatic rings. The van der Waals surface area contributed by atoms with Gasteiger partial charge in [0.05, 0.1) is 6.42 Å². The van der Waals surface area contributed by atoms with Crippen LogP contribution in [0.2, 0.25) is 0 Å². The van der Waals surface area contributed by atoms with Gasteiger partial charge in [0.1, 0.15) is 5.60 Å². The summed E-state index contributed by atoms with van der Waals surface area (Å²) < 4.78 is 5.32. The lowest BCUT2D eigenvalue weighted by atomic mass is 9.93. The minimum atomic E-state index is -0.506. The smallest absolute Gasteiger partial charge is 0.307 e. The number of carbonyl (C=O) groups is 2. The Kier molecular flexibility index (Phi) is 4.66. The van der Waals surface area contributed by atoms with Crippen molar-refractivity contribution < 1.29 is 14.3 Å². The standard InChI is InChI=1S/C17H23NO3/c1-17(2,3)21-15(19)12-13-8-7-11-18(16(13)20)14-9-5-4-6-10-14/h4-6,9-10,13H,7-8,11-12H2,1-3H3/t13-/m1/s1. The van der Waals surface area contributed by atoms with Crippen LogP contribution in [0.4, 0.5) is 5.69 Å². The Morgan fingerprint density at radius 1 is 1.29 bits per heavy atom. The first kappa shape index (κ1) is 15.5. The molecular weight excluding hydrogens is 266 g/mol. The second-order valence-corrected chi connectivity index (χ2v) is 6.46. The van der Waals surface area contributed by atoms with Crippen molar-refractivity contribution in [3.63, 3.8) is 0 Å². The molecule has 0 spiro atoms. The highest BCUT2D eigenvalue weighted by atomic mass is 16.6. The van der Waals surface area contributed by atoms with E-state index in [2.05, 4.69) is 0 Å². The number of amides is 1. The number of hydrogen-bond donors (Lipinski definition) is 0. The number of para-hydroxylation sites is 1. The molecule has 0 aliphatic carbocycles. The van der Waals surface area contributed by atoms with Gasteiger partial charge in [-0.2, -0.15) is 0 Å². The first-order valence-corrected chi connectivity index (χ1v) is 7.45. The number of nitrogens with zero attached hydrogens (tertiary/aromatic N) is 1. The molecule has 0 saturated carbocycles. The van der Waals surface area contributed by atoms with Gasteiger partial charge in [-0.25, -0.2) is 0 Å². The summed E-state index contributed by atoms with van der Waals surface area (Å²) in [6, 6.07) is 9.61. The fourth-order valence-electron chi connectivity index (χ4n) is 2.59. The first-order chi connectivity index (χ1) is 9.87. The number of benzene rings is 1. The van der Waals surface area contributed by atoms with Crippen LogP contribution >= 0.6 is 0 Å². The van der Waals surface area contributed by atoms with Crippen molar-refractivity contribution in [2.24, 2.45) is 5.92 Å². The molecule has 1 aliphatic heterocycles. The molecule has 1 atom stereocenters. The molecule has 1 aliphatic rings. The van der Waals surface area contributed by atoms with Gasteiger partial charge in [-0.05, 0) is 45.7 Å². The monoisotopic (exact) mass is 289 g/mol. The molecule has 4 heteroatoms. The summed E-state index contributed by atoms with van der Waals surface area (Å²) in [7, 11) is 0. The summed E-state index contributed by atoms with van der Waals surface area (Å²) in [6.45, 7) is 6.23. The van der Waals surface area contributed by atoms with Gasteiger partial charge in [-0.1, -0.05) is 18.2 Å². The van der Waals surface area contributed by atoms with E-state index < -0.39 is 5.60 Å². The SMILES string of the molecule is CC(C)(C)OC(=O)C[C@H]1CCCN(c2ccccc2)C1=O. The fraction of sp³-hybridized carbons (Fsp3) is 0.529. The van der Waals surface area contributed by atoms with E-state index in [1.807, 2.05) is 51.1 Å². The normalized spacial score (nSPS) is 19.5. The quantitative estimate of drug-likeness (QED) is 0.803. The van der Waals surface area contributed by atoms with E-state index in [1.54, 1.807) is 4.90 Å². The first-order valence-electron chi connectivity index (χ1n) is 7.45. The van der Waals surface area contributed by atoms with Gasteiger partial charge >= 0.3 is 5.97 Å². The maximum Gasteiger partial charge on any atom is 0.307 e. The zero-order valence-corrected chi connectivity index (χ0v) is 13.0. The summed E-state index contributed by atoms with van der Waals surface area (Å²) in [5, 5.41) is 0. The van der Waals surface area contributed by atoms with Crippen molar-refractivity contribution in [3.05, 3.63) is 30.3 Å². The van der Waals surface area contributed by atoms with Crippen LogP contribution in [0.25, 0.3) is 0 Å². The minimum absolute atomic E-state index is 0.0262. The number of anilines is 1. The Balaban J connectivity index is 2.02. The zero-order chi connectivity index (χ0) is 15.5. The Morgan fingerprint density at radius 3 is 2.57 bits per heavy atom. The molecular formula is C17H23NO3. The van der Waals surface area contributed by atoms with E-state index in [0.717, 1.165) is 18.5 Å². The molecule has 2 rings (SSSR count). The zero-order valence-electron chi connectivity index (χ0n) is 13.0. The van der Waals surface area contributed by atoms with Crippen molar-refractivity contribution in [1.29, 1.82) is 0 Å². The average molecular weight is 289 g/mol. The van der Waals surface area contributed by atoms with Crippen molar-refractivity contribution in [1.82, 2.24) is 0 Å². The summed E-state index contributed by atoms with van der Waals surface area (Å²) in [5.41, 5.74) is 0.393. The van der Waals surface area contributed by atoms with E-state index in [0.29, 0.717) is 6.54 Å². The second kappa shape index (κ2) is 6.29. The third-order valence-electron chi connectivity index (χ3n) is 3.45. The van der Waals surface area contributed by atoms with Gasteiger partial charge in [0, 0.05) is 18.2 Å². The van der Waals surface area contributed by atoms with Crippen LogP contribution in [-0.4, -0.2) is 24.0 Å². The summed E-state index contributed by atoms with van der Waals surface area (Å²) in [4.78, 5) is 26.2. The van der Waals surface area contributed by atoms with Crippen LogP contribution in [0.15, 0.2) is 30.3 Å². The van der Waals surface area contributed by atoms with Crippen molar-refractivity contribution in [2.75, 3.05) is 11.4 Å². The van der Waals surface area contributed by atoms with Gasteiger partial charge in [0.15, 0.2) is 0 Å². The highest BCUT2D eigenvalue weighted by Gasteiger charge is 2.32. The van der Waals surface area contributed by atoms with Gasteiger partial charge in [-0.3, -0.25) is 9.59 Å². The second-order valence-electron chi connectivity index (χ2n) is 6.46. The number of carbonyl (C=O) groups excluding carboxylic acids is 2. The Labute approximate surface area is 126 Å². The number of ether oxygens (including phenoxy) is 1. The van der Waals surface area contributed by atoms with Crippen molar-refractivity contribution >= 4 is 17.6 Å². The van der Waals surface area contributed by atoms with Gasteiger partial charge in [0.2, 0.25) is 5.91 Å². The predicted octanol–water partition coefficient (Wildman–Crippen LogP) is 3.16. The highest BCUT2D eigenvalue weighted by Crippen LogP contribution is 2.27. The van der Waals surface area contributed by atoms with Crippen LogP contribution in [0, 0.1) is 5.92 Å². The largest absolute Gasteiger partial charge is 0.460 e. The van der Waals surface area contributed by atoms with Crippen LogP contribution in [0.3, 0.4) is 0 Å². The lowest BCUT2D eigenvalue weighted by Gasteiger charge is -2.32. The third kappa shape index (κ3) is 4.31. The van der Waals surface area contributed by atoms with Crippen LogP contribution in [-0.2, 0) is 14.3 Å². The maximum absolute atomic E-state index is 12.5. The molecule has 1 aromatic carbocycles. The van der Waals surface area contributed by atoms with E-state index in [1.165, 1.54) is 0 Å². The molecule has 1 saturated heterocycles. The van der Waals surface area contributed by atoms with Crippen molar-refractivity contribution in [3.8, 4) is 0 Å². The summed E-state index contributed by atoms with van der Waals surface area (Å²) >= 11 is 0. The Hall–Kier alpha value is -1.84. The van der Waals surface area contributed by atoms with Gasteiger partial charge in [0.25, 0.3) is 0 Å². The molecule has 0 radical (unpaired) electrons. The van der Waals surface area contributed by atoms with E-state index in [9.17, 15) is 9.59 Å². The van der Waals surface area contributed by atoms with Gasteiger partial charge < -0.3 is 9.64 Å². The average Bonchev–Trinajstić information content (AvgIpc) is 2.40. The molecule has 114 valence electrons. The maximum atomic E-state index is 12.5. The van der Waals surface area contributed by atoms with E-state index >= 15 is 0 Å². The number of rotatable bonds is 3. The predicted molar refractivity (Wildman–Crippen MR) is 82.0 cm³/mol. The molecule has 21 heavy (non-hydrogen) atoms. The molecule has 4 nitrogen and oxygen atoms in total. The lowest BCUT2D eigenvalue weighted by Crippen LogP contribution is -2.42. The molecule has 1 amide bonds. The molecule has 0 N–H and O–H groups in total. The Morgan fingerprint density at radius 2 is 1.95 bits per heavy atom. The van der Waals surface area contributed by atoms with Crippen LogP contribution in [0.5, 0.6) is 0 Å². The van der Waals surface area contributed by atoms with Crippen LogP contribution in [0.1, 0.15) is 40.0 Å². The minimum Gasteiger partial charge on any atom is -0.460 e. The number of esters is 1. The van der Waals surface area contributed by atoms with E-state index in [-0.39, 0.29) is 24.2 Å². The molecule has 1 heterocycles. The summed E-state index contributed by atoms with van der Waals surface area (Å²) in [6.07, 6.45) is 1.83. The lowest BCUT2D eigenvalue weighted by molar-refractivity contribution is -0.157. The number of piperidine rings is 1. The van der Waals surface area contributed by atoms with Gasteiger partial charge in [-0.15, -0.1) is 0 Å². The molecule has 0 unspecified atom stereocenters. The fourth-order valence-corrected chi connectivity index (χ4v) is 2.59. The topological polar surface area (TPSA) is 46.6 Å². The summed E-state index contributed by atoms with van der Waals surface area (Å²) in [5.74, 6) is -0.539. The number of hydrogen-bond acceptors (Lipinski definition) is 3. The molecule has 0 bridgehead atoms. The van der Waals surface area contributed by atoms with E-state index in [4.69, 9.17) is 4.74 Å². The molecule has 0 aromatic heterocycles.